The Morgan fingerprint density at radius 2 is 2.05 bits per heavy atom. The molecule has 0 saturated carbocycles. The standard InChI is InChI=1S/C14H20N4OS/c1-6-15-14-17-16-12(20-14)11-9(4)7-10(5)18(8(2)3)13(11)19/h7-8H,6H2,1-5H3,(H,15,17). The zero-order chi connectivity index (χ0) is 14.9. The quantitative estimate of drug-likeness (QED) is 0.941. The highest BCUT2D eigenvalue weighted by molar-refractivity contribution is 7.18. The maximum atomic E-state index is 12.7. The molecule has 2 heterocycles. The van der Waals surface area contributed by atoms with Gasteiger partial charge < -0.3 is 9.88 Å². The van der Waals surface area contributed by atoms with E-state index in [1.54, 1.807) is 4.57 Å². The van der Waals surface area contributed by atoms with Crippen LogP contribution in [-0.4, -0.2) is 21.3 Å². The fourth-order valence-electron chi connectivity index (χ4n) is 2.35. The molecule has 0 fully saturated rings. The predicted molar refractivity (Wildman–Crippen MR) is 83.6 cm³/mol. The van der Waals surface area contributed by atoms with Crippen LogP contribution < -0.4 is 10.9 Å². The van der Waals surface area contributed by atoms with Gasteiger partial charge in [0.25, 0.3) is 5.56 Å². The van der Waals surface area contributed by atoms with Crippen molar-refractivity contribution in [3.63, 3.8) is 0 Å². The van der Waals surface area contributed by atoms with E-state index in [2.05, 4.69) is 15.5 Å². The maximum absolute atomic E-state index is 12.7. The van der Waals surface area contributed by atoms with Crippen LogP contribution in [0.15, 0.2) is 10.9 Å². The van der Waals surface area contributed by atoms with Crippen molar-refractivity contribution in [3.05, 3.63) is 27.7 Å². The lowest BCUT2D eigenvalue weighted by atomic mass is 10.1. The summed E-state index contributed by atoms with van der Waals surface area (Å²) in [5, 5.41) is 12.8. The van der Waals surface area contributed by atoms with Crippen LogP contribution in [0.2, 0.25) is 0 Å². The number of anilines is 1. The second-order valence-corrected chi connectivity index (χ2v) is 6.03. The lowest BCUT2D eigenvalue weighted by molar-refractivity contribution is 0.563. The number of hydrogen-bond donors (Lipinski definition) is 1. The van der Waals surface area contributed by atoms with Gasteiger partial charge in [-0.25, -0.2) is 0 Å². The van der Waals surface area contributed by atoms with Crippen LogP contribution in [0.3, 0.4) is 0 Å². The van der Waals surface area contributed by atoms with Gasteiger partial charge in [0.1, 0.15) is 0 Å². The van der Waals surface area contributed by atoms with Gasteiger partial charge in [0, 0.05) is 18.3 Å². The highest BCUT2D eigenvalue weighted by atomic mass is 32.1. The lowest BCUT2D eigenvalue weighted by Gasteiger charge is -2.16. The summed E-state index contributed by atoms with van der Waals surface area (Å²) in [5.41, 5.74) is 2.59. The summed E-state index contributed by atoms with van der Waals surface area (Å²) in [6, 6.07) is 2.16. The Balaban J connectivity index is 2.61. The first-order chi connectivity index (χ1) is 9.45. The Hall–Kier alpha value is -1.69. The minimum absolute atomic E-state index is 0.0108. The molecule has 2 aromatic heterocycles. The van der Waals surface area contributed by atoms with Crippen molar-refractivity contribution in [2.75, 3.05) is 11.9 Å². The monoisotopic (exact) mass is 292 g/mol. The van der Waals surface area contributed by atoms with Crippen molar-refractivity contribution >= 4 is 16.5 Å². The third-order valence-corrected chi connectivity index (χ3v) is 4.01. The molecular formula is C14H20N4OS. The summed E-state index contributed by atoms with van der Waals surface area (Å²) in [4.78, 5) is 12.7. The van der Waals surface area contributed by atoms with Crippen LogP contribution >= 0.6 is 11.3 Å². The molecule has 2 rings (SSSR count). The van der Waals surface area contributed by atoms with Crippen LogP contribution in [0.1, 0.15) is 38.1 Å². The van der Waals surface area contributed by atoms with E-state index in [9.17, 15) is 4.79 Å². The number of rotatable bonds is 4. The molecule has 0 aliphatic carbocycles. The largest absolute Gasteiger partial charge is 0.360 e. The average molecular weight is 292 g/mol. The second-order valence-electron chi connectivity index (χ2n) is 5.06. The van der Waals surface area contributed by atoms with Crippen LogP contribution in [-0.2, 0) is 0 Å². The summed E-state index contributed by atoms with van der Waals surface area (Å²) >= 11 is 1.42. The van der Waals surface area contributed by atoms with Gasteiger partial charge in [-0.1, -0.05) is 11.3 Å². The molecule has 0 spiro atoms. The Bertz CT molecular complexity index is 672. The van der Waals surface area contributed by atoms with E-state index in [0.29, 0.717) is 10.6 Å². The van der Waals surface area contributed by atoms with Crippen molar-refractivity contribution in [3.8, 4) is 10.6 Å². The van der Waals surface area contributed by atoms with Crippen LogP contribution in [0.4, 0.5) is 5.13 Å². The van der Waals surface area contributed by atoms with Crippen molar-refractivity contribution in [2.24, 2.45) is 0 Å². The normalized spacial score (nSPS) is 11.1. The third kappa shape index (κ3) is 2.60. The summed E-state index contributed by atoms with van der Waals surface area (Å²) in [7, 11) is 0. The van der Waals surface area contributed by atoms with E-state index in [4.69, 9.17) is 0 Å². The van der Waals surface area contributed by atoms with Gasteiger partial charge in [0.15, 0.2) is 5.01 Å². The Morgan fingerprint density at radius 3 is 2.65 bits per heavy atom. The van der Waals surface area contributed by atoms with Gasteiger partial charge in [-0.15, -0.1) is 10.2 Å². The van der Waals surface area contributed by atoms with E-state index in [0.717, 1.165) is 22.9 Å². The van der Waals surface area contributed by atoms with E-state index in [-0.39, 0.29) is 11.6 Å². The van der Waals surface area contributed by atoms with Gasteiger partial charge in [-0.05, 0) is 46.2 Å². The molecule has 0 bridgehead atoms. The number of pyridine rings is 1. The van der Waals surface area contributed by atoms with Crippen molar-refractivity contribution in [1.82, 2.24) is 14.8 Å². The molecule has 0 saturated heterocycles. The Labute approximate surface area is 122 Å². The number of aryl methyl sites for hydroxylation is 2. The molecule has 6 heteroatoms. The van der Waals surface area contributed by atoms with Crippen LogP contribution in [0, 0.1) is 13.8 Å². The molecular weight excluding hydrogens is 272 g/mol. The number of nitrogens with zero attached hydrogens (tertiary/aromatic N) is 3. The topological polar surface area (TPSA) is 59.8 Å². The van der Waals surface area contributed by atoms with E-state index >= 15 is 0 Å². The first kappa shape index (κ1) is 14.7. The van der Waals surface area contributed by atoms with E-state index in [1.165, 1.54) is 11.3 Å². The molecule has 2 aromatic rings. The average Bonchev–Trinajstić information content (AvgIpc) is 2.76. The smallest absolute Gasteiger partial charge is 0.261 e. The van der Waals surface area contributed by atoms with Gasteiger partial charge in [0.05, 0.1) is 5.56 Å². The highest BCUT2D eigenvalue weighted by Crippen LogP contribution is 2.27. The second kappa shape index (κ2) is 5.75. The van der Waals surface area contributed by atoms with Crippen LogP contribution in [0.25, 0.3) is 10.6 Å². The van der Waals surface area contributed by atoms with Crippen molar-refractivity contribution in [2.45, 2.75) is 40.7 Å². The van der Waals surface area contributed by atoms with Gasteiger partial charge in [-0.3, -0.25) is 4.79 Å². The Kier molecular flexibility index (Phi) is 4.23. The third-order valence-electron chi connectivity index (χ3n) is 3.12. The molecule has 20 heavy (non-hydrogen) atoms. The summed E-state index contributed by atoms with van der Waals surface area (Å²) in [5.74, 6) is 0. The molecule has 0 aliphatic rings. The zero-order valence-corrected chi connectivity index (χ0v) is 13.3. The number of aromatic nitrogens is 3. The van der Waals surface area contributed by atoms with Crippen molar-refractivity contribution in [1.29, 1.82) is 0 Å². The minimum atomic E-state index is 0.0108. The molecule has 0 aliphatic heterocycles. The fraction of sp³-hybridized carbons (Fsp3) is 0.500. The van der Waals surface area contributed by atoms with Crippen molar-refractivity contribution < 1.29 is 0 Å². The lowest BCUT2D eigenvalue weighted by Crippen LogP contribution is -2.26. The molecule has 0 atom stereocenters. The summed E-state index contributed by atoms with van der Waals surface area (Å²) in [6.45, 7) is 10.7. The maximum Gasteiger partial charge on any atom is 0.261 e. The fourth-order valence-corrected chi connectivity index (χ4v) is 3.27. The van der Waals surface area contributed by atoms with Gasteiger partial charge >= 0.3 is 0 Å². The zero-order valence-electron chi connectivity index (χ0n) is 12.5. The van der Waals surface area contributed by atoms with E-state index in [1.807, 2.05) is 40.7 Å². The molecule has 0 amide bonds. The molecule has 5 nitrogen and oxygen atoms in total. The first-order valence-corrected chi connectivity index (χ1v) is 7.57. The molecule has 108 valence electrons. The minimum Gasteiger partial charge on any atom is -0.360 e. The Morgan fingerprint density at radius 1 is 1.35 bits per heavy atom. The summed E-state index contributed by atoms with van der Waals surface area (Å²) < 4.78 is 1.80. The SMILES string of the molecule is CCNc1nnc(-c2c(C)cc(C)n(C(C)C)c2=O)s1. The molecule has 0 unspecified atom stereocenters. The van der Waals surface area contributed by atoms with Crippen LogP contribution in [0.5, 0.6) is 0 Å². The summed E-state index contributed by atoms with van der Waals surface area (Å²) in [6.07, 6.45) is 0. The predicted octanol–water partition coefficient (Wildman–Crippen LogP) is 3.00. The molecule has 1 N–H and O–H groups in total. The van der Waals surface area contributed by atoms with E-state index < -0.39 is 0 Å². The van der Waals surface area contributed by atoms with Gasteiger partial charge in [0.2, 0.25) is 5.13 Å². The number of nitrogens with one attached hydrogen (secondary N) is 1. The number of hydrogen-bond acceptors (Lipinski definition) is 5. The van der Waals surface area contributed by atoms with Gasteiger partial charge in [-0.2, -0.15) is 0 Å². The molecule has 0 aromatic carbocycles. The molecule has 0 radical (unpaired) electrons. The first-order valence-electron chi connectivity index (χ1n) is 6.76. The highest BCUT2D eigenvalue weighted by Gasteiger charge is 2.17.